The van der Waals surface area contributed by atoms with Crippen LogP contribution in [0.4, 0.5) is 45.7 Å². The van der Waals surface area contributed by atoms with Crippen LogP contribution in [0.5, 0.6) is 5.75 Å². The van der Waals surface area contributed by atoms with Gasteiger partial charge in [0, 0.05) is 11.1 Å². The molecule has 2 saturated heterocycles. The highest BCUT2D eigenvalue weighted by molar-refractivity contribution is 5.78. The first kappa shape index (κ1) is 33.3. The minimum Gasteiger partial charge on any atom is -0.496 e. The van der Waals surface area contributed by atoms with Crippen molar-refractivity contribution in [3.63, 3.8) is 0 Å². The summed E-state index contributed by atoms with van der Waals surface area (Å²) in [4.78, 5) is 31.6. The third kappa shape index (κ3) is 6.31. The van der Waals surface area contributed by atoms with Crippen molar-refractivity contribution in [3.8, 4) is 16.9 Å². The zero-order chi connectivity index (χ0) is 34.9. The van der Waals surface area contributed by atoms with Crippen LogP contribution in [0.2, 0.25) is 0 Å². The number of aromatic nitrogens is 1. The van der Waals surface area contributed by atoms with E-state index in [9.17, 15) is 49.8 Å². The lowest BCUT2D eigenvalue weighted by Gasteiger charge is -2.39. The van der Waals surface area contributed by atoms with E-state index in [4.69, 9.17) is 9.47 Å². The van der Waals surface area contributed by atoms with E-state index in [1.807, 2.05) is 0 Å². The minimum atomic E-state index is -5.12. The number of nitrogens with zero attached hydrogens (tertiary/aromatic N) is 3. The molecule has 0 unspecified atom stereocenters. The number of benzene rings is 2. The molecule has 6 rings (SSSR count). The third-order valence-corrected chi connectivity index (χ3v) is 8.83. The lowest BCUT2D eigenvalue weighted by atomic mass is 9.96. The van der Waals surface area contributed by atoms with Gasteiger partial charge < -0.3 is 19.5 Å². The van der Waals surface area contributed by atoms with Crippen LogP contribution >= 0.6 is 0 Å². The summed E-state index contributed by atoms with van der Waals surface area (Å²) in [5.74, 6) is -4.25. The number of alkyl halides is 8. The number of aliphatic carboxylic acids is 1. The predicted molar refractivity (Wildman–Crippen MR) is 153 cm³/mol. The molecule has 8 nitrogen and oxygen atoms in total. The van der Waals surface area contributed by atoms with Crippen molar-refractivity contribution in [2.45, 2.75) is 56.2 Å². The van der Waals surface area contributed by atoms with E-state index in [1.165, 1.54) is 25.0 Å². The summed E-state index contributed by atoms with van der Waals surface area (Å²) in [6, 6.07) is 8.01. The Balaban J connectivity index is 1.38. The topological polar surface area (TPSA) is 92.2 Å². The number of carboxylic acid groups (broad SMARTS) is 1. The quantitative estimate of drug-likeness (QED) is 0.245. The highest BCUT2D eigenvalue weighted by Crippen LogP contribution is 2.50. The summed E-state index contributed by atoms with van der Waals surface area (Å²) in [6.45, 7) is -0.208. The van der Waals surface area contributed by atoms with Crippen molar-refractivity contribution in [1.82, 2.24) is 9.88 Å². The van der Waals surface area contributed by atoms with Crippen LogP contribution in [-0.2, 0) is 28.4 Å². The maximum atomic E-state index is 13.7. The molecule has 3 aromatic rings. The number of carboxylic acids is 1. The summed E-state index contributed by atoms with van der Waals surface area (Å²) in [7, 11) is 1.40. The number of hydrogen-bond acceptors (Lipinski definition) is 6. The summed E-state index contributed by atoms with van der Waals surface area (Å²) in [5, 5.41) is 9.43. The van der Waals surface area contributed by atoms with Crippen LogP contribution in [0, 0.1) is 5.92 Å². The van der Waals surface area contributed by atoms with Crippen molar-refractivity contribution in [3.05, 3.63) is 76.5 Å². The van der Waals surface area contributed by atoms with E-state index in [2.05, 4.69) is 4.98 Å². The molecule has 256 valence electrons. The van der Waals surface area contributed by atoms with E-state index in [0.29, 0.717) is 41.0 Å². The molecule has 0 radical (unpaired) electrons. The number of carbonyl (C=O) groups is 2. The van der Waals surface area contributed by atoms with Crippen molar-refractivity contribution >= 4 is 17.9 Å². The Morgan fingerprint density at radius 1 is 0.979 bits per heavy atom. The molecule has 48 heavy (non-hydrogen) atoms. The van der Waals surface area contributed by atoms with E-state index >= 15 is 0 Å². The van der Waals surface area contributed by atoms with Crippen LogP contribution < -0.4 is 9.64 Å². The van der Waals surface area contributed by atoms with Gasteiger partial charge in [-0.2, -0.15) is 26.3 Å². The molecule has 1 saturated carbocycles. The zero-order valence-electron chi connectivity index (χ0n) is 25.2. The fraction of sp³-hybridized carbons (Fsp3) is 0.406. The average molecular weight is 686 g/mol. The Morgan fingerprint density at radius 3 is 2.17 bits per heavy atom. The van der Waals surface area contributed by atoms with Crippen molar-refractivity contribution in [2.75, 3.05) is 25.1 Å². The minimum absolute atomic E-state index is 0.0223. The number of carbonyl (C=O) groups excluding carboxylic acids is 1. The molecule has 16 heteroatoms. The maximum absolute atomic E-state index is 13.7. The Bertz CT molecular complexity index is 1740. The molecular weight excluding hydrogens is 658 g/mol. The fourth-order valence-electron chi connectivity index (χ4n) is 6.17. The van der Waals surface area contributed by atoms with Gasteiger partial charge in [0.05, 0.1) is 55.5 Å². The number of pyridine rings is 1. The number of rotatable bonds is 8. The van der Waals surface area contributed by atoms with Crippen LogP contribution in [0.1, 0.15) is 53.3 Å². The monoisotopic (exact) mass is 685 g/mol. The third-order valence-electron chi connectivity index (χ3n) is 8.83. The first-order valence-corrected chi connectivity index (χ1v) is 14.7. The van der Waals surface area contributed by atoms with Gasteiger partial charge in [0.1, 0.15) is 17.7 Å². The number of ether oxygens (including phenoxy) is 2. The molecule has 0 spiro atoms. The number of halogens is 8. The lowest BCUT2D eigenvalue weighted by Crippen LogP contribution is -2.56. The summed E-state index contributed by atoms with van der Waals surface area (Å²) in [5.41, 5.74) is -1.99. The van der Waals surface area contributed by atoms with Gasteiger partial charge in [-0.1, -0.05) is 6.07 Å². The second-order valence-corrected chi connectivity index (χ2v) is 12.1. The second-order valence-electron chi connectivity index (χ2n) is 12.1. The molecule has 3 heterocycles. The molecule has 1 aliphatic carbocycles. The van der Waals surface area contributed by atoms with E-state index in [-0.39, 0.29) is 30.0 Å². The van der Waals surface area contributed by atoms with Gasteiger partial charge in [-0.3, -0.25) is 9.69 Å². The Hall–Kier alpha value is -4.63. The van der Waals surface area contributed by atoms with Gasteiger partial charge in [0.25, 0.3) is 5.92 Å². The average Bonchev–Trinajstić information content (AvgIpc) is 3.76. The zero-order valence-corrected chi connectivity index (χ0v) is 25.2. The number of methoxy groups -OCH3 is 1. The van der Waals surface area contributed by atoms with Crippen LogP contribution in [0.15, 0.2) is 48.5 Å². The molecule has 1 N–H and O–H groups in total. The summed E-state index contributed by atoms with van der Waals surface area (Å²) >= 11 is 0. The van der Waals surface area contributed by atoms with Gasteiger partial charge in [-0.25, -0.2) is 18.6 Å². The smallest absolute Gasteiger partial charge is 0.416 e. The Labute approximate surface area is 267 Å². The number of hydrogen-bond donors (Lipinski definition) is 1. The van der Waals surface area contributed by atoms with E-state index in [0.717, 1.165) is 4.90 Å². The second kappa shape index (κ2) is 11.5. The maximum Gasteiger partial charge on any atom is 0.416 e. The number of anilines is 1. The standard InChI is InChI=1S/C32H27F8N3O5/c1-15-27(17-7-18(31(35,36)37)10-19(8-17)32(38,39)40)48-29(46)43(15)12-24-20(4-6-26(41-24)42-13-30(33,34)14-42)22-9-16(3-5-25(22)47-2)21-11-23(21)28(44)45/h3-10,15,21,23,27H,11-14H2,1-2H3,(H,44,45)/t15-,21+,23-,27-/m0/s1. The highest BCUT2D eigenvalue weighted by atomic mass is 19.4. The Kier molecular flexibility index (Phi) is 7.98. The molecule has 1 amide bonds. The van der Waals surface area contributed by atoms with E-state index < -0.39 is 78.2 Å². The molecule has 2 aliphatic heterocycles. The predicted octanol–water partition coefficient (Wildman–Crippen LogP) is 7.52. The van der Waals surface area contributed by atoms with Gasteiger partial charge in [0.15, 0.2) is 0 Å². The lowest BCUT2D eigenvalue weighted by molar-refractivity contribution is -0.143. The van der Waals surface area contributed by atoms with Gasteiger partial charge >= 0.3 is 24.4 Å². The van der Waals surface area contributed by atoms with Crippen LogP contribution in [-0.4, -0.2) is 59.2 Å². The van der Waals surface area contributed by atoms with Crippen LogP contribution in [0.3, 0.4) is 0 Å². The molecule has 3 fully saturated rings. The van der Waals surface area contributed by atoms with Gasteiger partial charge in [0.2, 0.25) is 0 Å². The first-order chi connectivity index (χ1) is 22.4. The molecular formula is C32H27F8N3O5. The molecule has 4 atom stereocenters. The van der Waals surface area contributed by atoms with E-state index in [1.54, 1.807) is 24.3 Å². The molecule has 3 aliphatic rings. The largest absolute Gasteiger partial charge is 0.496 e. The Morgan fingerprint density at radius 2 is 1.62 bits per heavy atom. The molecule has 2 aromatic carbocycles. The first-order valence-electron chi connectivity index (χ1n) is 14.7. The highest BCUT2D eigenvalue weighted by Gasteiger charge is 2.47. The number of cyclic esters (lactones) is 1. The van der Waals surface area contributed by atoms with Crippen LogP contribution in [0.25, 0.3) is 11.1 Å². The molecule has 1 aromatic heterocycles. The van der Waals surface area contributed by atoms with Crippen molar-refractivity contribution < 1.29 is 59.3 Å². The van der Waals surface area contributed by atoms with Crippen molar-refractivity contribution in [2.24, 2.45) is 5.92 Å². The summed E-state index contributed by atoms with van der Waals surface area (Å²) < 4.78 is 120. The van der Waals surface area contributed by atoms with Gasteiger partial charge in [-0.05, 0) is 72.9 Å². The fourth-order valence-corrected chi connectivity index (χ4v) is 6.17. The summed E-state index contributed by atoms with van der Waals surface area (Å²) in [6.07, 6.45) is -12.4. The van der Waals surface area contributed by atoms with Gasteiger partial charge in [-0.15, -0.1) is 0 Å². The normalized spacial score (nSPS) is 23.5. The van der Waals surface area contributed by atoms with Crippen molar-refractivity contribution in [1.29, 1.82) is 0 Å². The SMILES string of the molecule is COc1ccc([C@H]2C[C@@H]2C(=O)O)cc1-c1ccc(N2CC(F)(F)C2)nc1CN1C(=O)O[C@H](c2cc(C(F)(F)F)cc(C(F)(F)F)c2)[C@@H]1C. The molecule has 0 bridgehead atoms. The number of amides is 1.